The number of rotatable bonds is 8. The zero-order chi connectivity index (χ0) is 11.6. The molecule has 5 heteroatoms. The Kier molecular flexibility index (Phi) is 6.29. The molecule has 0 amide bonds. The molecule has 0 saturated carbocycles. The van der Waals surface area contributed by atoms with Gasteiger partial charge in [-0.25, -0.2) is 10.8 Å². The Morgan fingerprint density at radius 2 is 2.31 bits per heavy atom. The van der Waals surface area contributed by atoms with Gasteiger partial charge >= 0.3 is 0 Å². The van der Waals surface area contributed by atoms with Crippen LogP contribution in [0.25, 0.3) is 0 Å². The summed E-state index contributed by atoms with van der Waals surface area (Å²) in [7, 11) is 0. The summed E-state index contributed by atoms with van der Waals surface area (Å²) in [6.07, 6.45) is 4.00. The number of unbranched alkanes of at least 4 members (excludes halogenated alkanes) is 1. The van der Waals surface area contributed by atoms with Crippen molar-refractivity contribution in [1.82, 2.24) is 4.98 Å². The zero-order valence-corrected chi connectivity index (χ0v) is 9.70. The molecule has 0 fully saturated rings. The van der Waals surface area contributed by atoms with Crippen molar-refractivity contribution in [1.29, 1.82) is 0 Å². The van der Waals surface area contributed by atoms with E-state index in [1.165, 1.54) is 6.42 Å². The largest absolute Gasteiger partial charge is 0.383 e. The first-order valence-corrected chi connectivity index (χ1v) is 5.61. The van der Waals surface area contributed by atoms with Crippen LogP contribution in [0.4, 0.5) is 11.5 Å². The summed E-state index contributed by atoms with van der Waals surface area (Å²) in [4.78, 5) is 4.02. The monoisotopic (exact) mass is 224 g/mol. The van der Waals surface area contributed by atoms with Crippen molar-refractivity contribution >= 4 is 11.5 Å². The van der Waals surface area contributed by atoms with Gasteiger partial charge in [0.25, 0.3) is 0 Å². The van der Waals surface area contributed by atoms with E-state index in [9.17, 15) is 0 Å². The molecule has 1 rings (SSSR count). The van der Waals surface area contributed by atoms with E-state index in [1.807, 2.05) is 12.1 Å². The average molecular weight is 224 g/mol. The van der Waals surface area contributed by atoms with E-state index >= 15 is 0 Å². The highest BCUT2D eigenvalue weighted by Crippen LogP contribution is 2.09. The quantitative estimate of drug-likeness (QED) is 0.355. The molecule has 0 aliphatic carbocycles. The van der Waals surface area contributed by atoms with Crippen molar-refractivity contribution < 1.29 is 4.74 Å². The predicted molar refractivity (Wildman–Crippen MR) is 66.3 cm³/mol. The van der Waals surface area contributed by atoms with Gasteiger partial charge in [-0.3, -0.25) is 0 Å². The molecule has 1 aromatic heterocycles. The number of anilines is 2. The number of nitrogens with two attached hydrogens (primary N) is 1. The molecule has 0 radical (unpaired) electrons. The smallest absolute Gasteiger partial charge is 0.141 e. The summed E-state index contributed by atoms with van der Waals surface area (Å²) in [5.41, 5.74) is 3.49. The maximum Gasteiger partial charge on any atom is 0.141 e. The van der Waals surface area contributed by atoms with Crippen molar-refractivity contribution in [2.24, 2.45) is 5.84 Å². The second-order valence-corrected chi connectivity index (χ2v) is 3.47. The van der Waals surface area contributed by atoms with Crippen LogP contribution in [0.3, 0.4) is 0 Å². The van der Waals surface area contributed by atoms with Gasteiger partial charge in [0.1, 0.15) is 5.82 Å². The molecular weight excluding hydrogens is 204 g/mol. The SMILES string of the molecule is CCCCOCCNc1ccnc(NN)c1. The molecule has 1 heterocycles. The number of nitrogens with zero attached hydrogens (tertiary/aromatic N) is 1. The van der Waals surface area contributed by atoms with Crippen molar-refractivity contribution in [2.45, 2.75) is 19.8 Å². The molecule has 0 unspecified atom stereocenters. The number of hydrazine groups is 1. The van der Waals surface area contributed by atoms with E-state index in [1.54, 1.807) is 6.20 Å². The second-order valence-electron chi connectivity index (χ2n) is 3.47. The van der Waals surface area contributed by atoms with E-state index in [0.717, 1.165) is 25.3 Å². The molecule has 0 aliphatic rings. The lowest BCUT2D eigenvalue weighted by Crippen LogP contribution is -2.12. The zero-order valence-electron chi connectivity index (χ0n) is 9.70. The Morgan fingerprint density at radius 1 is 1.44 bits per heavy atom. The molecule has 5 nitrogen and oxygen atoms in total. The first kappa shape index (κ1) is 12.7. The summed E-state index contributed by atoms with van der Waals surface area (Å²) < 4.78 is 5.43. The molecule has 0 spiro atoms. The Hall–Kier alpha value is -1.33. The highest BCUT2D eigenvalue weighted by Gasteiger charge is 1.94. The molecular formula is C11H20N4O. The van der Waals surface area contributed by atoms with Crippen LogP contribution < -0.4 is 16.6 Å². The average Bonchev–Trinajstić information content (AvgIpc) is 2.34. The fourth-order valence-corrected chi connectivity index (χ4v) is 1.24. The summed E-state index contributed by atoms with van der Waals surface area (Å²) in [5, 5.41) is 3.24. The van der Waals surface area contributed by atoms with Gasteiger partial charge in [-0.15, -0.1) is 0 Å². The van der Waals surface area contributed by atoms with Crippen LogP contribution in [0.15, 0.2) is 18.3 Å². The van der Waals surface area contributed by atoms with Crippen molar-refractivity contribution in [2.75, 3.05) is 30.5 Å². The van der Waals surface area contributed by atoms with Crippen LogP contribution in [-0.2, 0) is 4.74 Å². The number of hydrogen-bond acceptors (Lipinski definition) is 5. The van der Waals surface area contributed by atoms with E-state index in [0.29, 0.717) is 12.4 Å². The normalized spacial score (nSPS) is 10.1. The first-order valence-electron chi connectivity index (χ1n) is 5.61. The van der Waals surface area contributed by atoms with Crippen molar-refractivity contribution in [3.05, 3.63) is 18.3 Å². The molecule has 0 bridgehead atoms. The first-order chi connectivity index (χ1) is 7.86. The standard InChI is InChI=1S/C11H20N4O/c1-2-3-7-16-8-6-13-10-4-5-14-11(9-10)15-12/h4-5,9H,2-3,6-8,12H2,1H3,(H2,13,14,15). The highest BCUT2D eigenvalue weighted by atomic mass is 16.5. The third-order valence-electron chi connectivity index (χ3n) is 2.13. The molecule has 90 valence electrons. The maximum absolute atomic E-state index is 5.43. The second kappa shape index (κ2) is 7.90. The number of pyridine rings is 1. The minimum Gasteiger partial charge on any atom is -0.383 e. The van der Waals surface area contributed by atoms with Crippen LogP contribution in [-0.4, -0.2) is 24.7 Å². The summed E-state index contributed by atoms with van der Waals surface area (Å²) >= 11 is 0. The minimum absolute atomic E-state index is 0.650. The van der Waals surface area contributed by atoms with E-state index in [4.69, 9.17) is 10.6 Å². The molecule has 16 heavy (non-hydrogen) atoms. The fourth-order valence-electron chi connectivity index (χ4n) is 1.24. The lowest BCUT2D eigenvalue weighted by molar-refractivity contribution is 0.141. The topological polar surface area (TPSA) is 72.2 Å². The van der Waals surface area contributed by atoms with Crippen LogP contribution in [0.5, 0.6) is 0 Å². The van der Waals surface area contributed by atoms with E-state index in [-0.39, 0.29) is 0 Å². The highest BCUT2D eigenvalue weighted by molar-refractivity contribution is 5.51. The Morgan fingerprint density at radius 3 is 3.06 bits per heavy atom. The predicted octanol–water partition coefficient (Wildman–Crippen LogP) is 1.60. The van der Waals surface area contributed by atoms with Gasteiger partial charge in [0.05, 0.1) is 6.61 Å². The number of nitrogen functional groups attached to an aromatic ring is 1. The van der Waals surface area contributed by atoms with Crippen LogP contribution in [0.2, 0.25) is 0 Å². The lowest BCUT2D eigenvalue weighted by atomic mass is 10.4. The van der Waals surface area contributed by atoms with E-state index in [2.05, 4.69) is 22.7 Å². The third kappa shape index (κ3) is 4.95. The molecule has 1 aromatic rings. The van der Waals surface area contributed by atoms with Gasteiger partial charge in [0.15, 0.2) is 0 Å². The van der Waals surface area contributed by atoms with Crippen molar-refractivity contribution in [3.8, 4) is 0 Å². The maximum atomic E-state index is 5.43. The number of hydrogen-bond donors (Lipinski definition) is 3. The van der Waals surface area contributed by atoms with Gasteiger partial charge in [-0.2, -0.15) is 0 Å². The van der Waals surface area contributed by atoms with Crippen LogP contribution in [0.1, 0.15) is 19.8 Å². The summed E-state index contributed by atoms with van der Waals surface area (Å²) in [6, 6.07) is 3.75. The van der Waals surface area contributed by atoms with Crippen LogP contribution in [0, 0.1) is 0 Å². The van der Waals surface area contributed by atoms with Gasteiger partial charge in [-0.05, 0) is 12.5 Å². The summed E-state index contributed by atoms with van der Waals surface area (Å²) in [6.45, 7) is 4.50. The van der Waals surface area contributed by atoms with E-state index < -0.39 is 0 Å². The molecule has 4 N–H and O–H groups in total. The van der Waals surface area contributed by atoms with Crippen molar-refractivity contribution in [3.63, 3.8) is 0 Å². The lowest BCUT2D eigenvalue weighted by Gasteiger charge is -2.08. The summed E-state index contributed by atoms with van der Waals surface area (Å²) in [5.74, 6) is 5.91. The Labute approximate surface area is 96.4 Å². The Balaban J connectivity index is 2.16. The number of nitrogens with one attached hydrogen (secondary N) is 2. The fraction of sp³-hybridized carbons (Fsp3) is 0.545. The minimum atomic E-state index is 0.650. The molecule has 0 atom stereocenters. The number of aromatic nitrogens is 1. The van der Waals surface area contributed by atoms with Gasteiger partial charge in [0.2, 0.25) is 0 Å². The molecule has 0 saturated heterocycles. The van der Waals surface area contributed by atoms with Gasteiger partial charge < -0.3 is 15.5 Å². The third-order valence-corrected chi connectivity index (χ3v) is 2.13. The van der Waals surface area contributed by atoms with Gasteiger partial charge in [-0.1, -0.05) is 13.3 Å². The van der Waals surface area contributed by atoms with Crippen LogP contribution >= 0.6 is 0 Å². The molecule has 0 aromatic carbocycles. The Bertz CT molecular complexity index is 293. The number of ether oxygens (including phenoxy) is 1. The molecule has 0 aliphatic heterocycles. The van der Waals surface area contributed by atoms with Gasteiger partial charge in [0, 0.05) is 31.1 Å².